The number of ether oxygens (including phenoxy) is 1. The summed E-state index contributed by atoms with van der Waals surface area (Å²) >= 11 is 1.65. The second-order valence-corrected chi connectivity index (χ2v) is 7.83. The summed E-state index contributed by atoms with van der Waals surface area (Å²) in [5, 5.41) is 2.78. The van der Waals surface area contributed by atoms with Crippen LogP contribution in [0.25, 0.3) is 0 Å². The van der Waals surface area contributed by atoms with E-state index in [0.717, 1.165) is 4.90 Å². The molecule has 2 aromatic carbocycles. The molecule has 2 aromatic rings. The van der Waals surface area contributed by atoms with E-state index in [2.05, 4.69) is 37.4 Å². The Labute approximate surface area is 164 Å². The number of carbonyl (C=O) groups is 1. The Balaban J connectivity index is 1.50. The summed E-state index contributed by atoms with van der Waals surface area (Å²) in [4.78, 5) is 15.3. The summed E-state index contributed by atoms with van der Waals surface area (Å²) in [6.07, 6.45) is 0.379. The van der Waals surface area contributed by atoms with Crippen LogP contribution in [-0.4, -0.2) is 38.0 Å². The number of morpholine rings is 1. The number of hydrogen-bond acceptors (Lipinski definition) is 4. The molecule has 6 heteroatoms. The number of nitrogens with zero attached hydrogens (tertiary/aromatic N) is 1. The van der Waals surface area contributed by atoms with Gasteiger partial charge in [0.2, 0.25) is 5.91 Å². The molecule has 1 amide bonds. The molecule has 0 spiro atoms. The van der Waals surface area contributed by atoms with Crippen LogP contribution in [0.1, 0.15) is 17.5 Å². The van der Waals surface area contributed by atoms with Crippen LogP contribution in [0.2, 0.25) is 0 Å². The maximum Gasteiger partial charge on any atom is 0.225 e. The van der Waals surface area contributed by atoms with Crippen molar-refractivity contribution in [2.75, 3.05) is 42.3 Å². The third-order valence-electron chi connectivity index (χ3n) is 4.66. The predicted molar refractivity (Wildman–Crippen MR) is 109 cm³/mol. The zero-order valence-electron chi connectivity index (χ0n) is 15.8. The molecule has 1 fully saturated rings. The second-order valence-electron chi connectivity index (χ2n) is 6.66. The van der Waals surface area contributed by atoms with Gasteiger partial charge in [0.1, 0.15) is 5.82 Å². The van der Waals surface area contributed by atoms with Gasteiger partial charge in [-0.15, -0.1) is 11.8 Å². The predicted octanol–water partition coefficient (Wildman–Crippen LogP) is 4.40. The van der Waals surface area contributed by atoms with Crippen molar-refractivity contribution in [3.8, 4) is 0 Å². The average molecular weight is 389 g/mol. The monoisotopic (exact) mass is 388 g/mol. The van der Waals surface area contributed by atoms with Crippen molar-refractivity contribution in [2.45, 2.75) is 25.2 Å². The van der Waals surface area contributed by atoms with E-state index in [9.17, 15) is 9.18 Å². The molecule has 27 heavy (non-hydrogen) atoms. The molecule has 0 bridgehead atoms. The zero-order valence-corrected chi connectivity index (χ0v) is 16.6. The molecule has 1 saturated heterocycles. The van der Waals surface area contributed by atoms with E-state index < -0.39 is 0 Å². The number of thioether (sulfide) groups is 1. The summed E-state index contributed by atoms with van der Waals surface area (Å²) in [7, 11) is 0. The van der Waals surface area contributed by atoms with E-state index in [1.165, 1.54) is 17.2 Å². The van der Waals surface area contributed by atoms with Gasteiger partial charge in [-0.25, -0.2) is 4.39 Å². The fourth-order valence-electron chi connectivity index (χ4n) is 2.93. The molecule has 1 aliphatic rings. The van der Waals surface area contributed by atoms with Crippen LogP contribution in [0.4, 0.5) is 15.8 Å². The molecule has 3 rings (SSSR count). The highest BCUT2D eigenvalue weighted by Gasteiger charge is 2.15. The van der Waals surface area contributed by atoms with Crippen LogP contribution in [0.3, 0.4) is 0 Å². The quantitative estimate of drug-likeness (QED) is 0.745. The molecule has 0 atom stereocenters. The molecule has 0 unspecified atom stereocenters. The van der Waals surface area contributed by atoms with Crippen LogP contribution >= 0.6 is 11.8 Å². The van der Waals surface area contributed by atoms with Gasteiger partial charge in [0.15, 0.2) is 0 Å². The number of nitrogens with one attached hydrogen (secondary N) is 1. The lowest BCUT2D eigenvalue weighted by Crippen LogP contribution is -2.36. The molecule has 0 saturated carbocycles. The first-order valence-corrected chi connectivity index (χ1v) is 10.1. The standard InChI is InChI=1S/C21H25FN2O2S/c1-15-3-5-18(13-16(15)2)27-12-7-21(25)23-17-4-6-20(19(22)14-17)24-8-10-26-11-9-24/h3-6,13-14H,7-12H2,1-2H3,(H,23,25). The molecule has 0 radical (unpaired) electrons. The van der Waals surface area contributed by atoms with Crippen molar-refractivity contribution >= 4 is 29.0 Å². The van der Waals surface area contributed by atoms with E-state index in [1.807, 2.05) is 4.90 Å². The van der Waals surface area contributed by atoms with E-state index >= 15 is 0 Å². The van der Waals surface area contributed by atoms with E-state index in [1.54, 1.807) is 23.9 Å². The van der Waals surface area contributed by atoms with Crippen molar-refractivity contribution in [1.29, 1.82) is 0 Å². The van der Waals surface area contributed by atoms with Crippen molar-refractivity contribution in [1.82, 2.24) is 0 Å². The van der Waals surface area contributed by atoms with Crippen LogP contribution in [0, 0.1) is 19.7 Å². The van der Waals surface area contributed by atoms with Gasteiger partial charge in [0.05, 0.1) is 18.9 Å². The third-order valence-corrected chi connectivity index (χ3v) is 5.65. The lowest BCUT2D eigenvalue weighted by Gasteiger charge is -2.29. The number of anilines is 2. The minimum Gasteiger partial charge on any atom is -0.378 e. The number of carbonyl (C=O) groups excluding carboxylic acids is 1. The van der Waals surface area contributed by atoms with Gasteiger partial charge in [0.25, 0.3) is 0 Å². The van der Waals surface area contributed by atoms with Gasteiger partial charge in [0, 0.05) is 35.8 Å². The third kappa shape index (κ3) is 5.47. The van der Waals surface area contributed by atoms with Crippen LogP contribution in [-0.2, 0) is 9.53 Å². The summed E-state index contributed by atoms with van der Waals surface area (Å²) in [6.45, 7) is 6.74. The van der Waals surface area contributed by atoms with Gasteiger partial charge >= 0.3 is 0 Å². The Kier molecular flexibility index (Phi) is 6.74. The van der Waals surface area contributed by atoms with Gasteiger partial charge in [-0.3, -0.25) is 4.79 Å². The van der Waals surface area contributed by atoms with Crippen molar-refractivity contribution in [3.63, 3.8) is 0 Å². The number of rotatable bonds is 6. The molecule has 4 nitrogen and oxygen atoms in total. The number of aryl methyl sites for hydroxylation is 2. The van der Waals surface area contributed by atoms with Gasteiger partial charge in [-0.2, -0.15) is 0 Å². The van der Waals surface area contributed by atoms with Crippen LogP contribution in [0.15, 0.2) is 41.3 Å². The summed E-state index contributed by atoms with van der Waals surface area (Å²) in [5.41, 5.74) is 3.56. The molecule has 0 aromatic heterocycles. The maximum absolute atomic E-state index is 14.4. The van der Waals surface area contributed by atoms with Crippen LogP contribution < -0.4 is 10.2 Å². The second kappa shape index (κ2) is 9.24. The summed E-state index contributed by atoms with van der Waals surface area (Å²) in [5.74, 6) is 0.256. The SMILES string of the molecule is Cc1ccc(SCCC(=O)Nc2ccc(N3CCOCC3)c(F)c2)cc1C. The topological polar surface area (TPSA) is 41.6 Å². The van der Waals surface area contributed by atoms with Gasteiger partial charge in [-0.05, 0) is 55.3 Å². The van der Waals surface area contributed by atoms with Gasteiger partial charge < -0.3 is 15.0 Å². The lowest BCUT2D eigenvalue weighted by atomic mass is 10.1. The first-order valence-electron chi connectivity index (χ1n) is 9.15. The first kappa shape index (κ1) is 19.7. The number of amides is 1. The Morgan fingerprint density at radius 1 is 1.15 bits per heavy atom. The molecular formula is C21H25FN2O2S. The Morgan fingerprint density at radius 2 is 1.93 bits per heavy atom. The summed E-state index contributed by atoms with van der Waals surface area (Å²) in [6, 6.07) is 11.2. The Hall–Kier alpha value is -2.05. The minimum absolute atomic E-state index is 0.107. The molecule has 1 N–H and O–H groups in total. The molecule has 1 heterocycles. The average Bonchev–Trinajstić information content (AvgIpc) is 2.65. The Bertz CT molecular complexity index is 807. The van der Waals surface area contributed by atoms with Gasteiger partial charge in [-0.1, -0.05) is 6.07 Å². The highest BCUT2D eigenvalue weighted by molar-refractivity contribution is 7.99. The lowest BCUT2D eigenvalue weighted by molar-refractivity contribution is -0.115. The van der Waals surface area contributed by atoms with E-state index in [0.29, 0.717) is 49.9 Å². The van der Waals surface area contributed by atoms with Crippen molar-refractivity contribution in [3.05, 3.63) is 53.3 Å². The molecule has 1 aliphatic heterocycles. The molecule has 144 valence electrons. The normalized spacial score (nSPS) is 14.3. The number of halogens is 1. The van der Waals surface area contributed by atoms with Crippen molar-refractivity contribution < 1.29 is 13.9 Å². The number of hydrogen-bond donors (Lipinski definition) is 1. The maximum atomic E-state index is 14.4. The van der Waals surface area contributed by atoms with Crippen LogP contribution in [0.5, 0.6) is 0 Å². The van der Waals surface area contributed by atoms with E-state index in [4.69, 9.17) is 4.74 Å². The molecular weight excluding hydrogens is 363 g/mol. The smallest absolute Gasteiger partial charge is 0.225 e. The number of benzene rings is 2. The fraction of sp³-hybridized carbons (Fsp3) is 0.381. The van der Waals surface area contributed by atoms with E-state index in [-0.39, 0.29) is 11.7 Å². The fourth-order valence-corrected chi connectivity index (χ4v) is 3.88. The largest absolute Gasteiger partial charge is 0.378 e. The first-order chi connectivity index (χ1) is 13.0. The minimum atomic E-state index is -0.320. The zero-order chi connectivity index (χ0) is 19.2. The highest BCUT2D eigenvalue weighted by Crippen LogP contribution is 2.25. The summed E-state index contributed by atoms with van der Waals surface area (Å²) < 4.78 is 19.7. The Morgan fingerprint density at radius 3 is 2.63 bits per heavy atom. The highest BCUT2D eigenvalue weighted by atomic mass is 32.2. The van der Waals surface area contributed by atoms with Crippen molar-refractivity contribution in [2.24, 2.45) is 0 Å². The molecule has 0 aliphatic carbocycles.